The summed E-state index contributed by atoms with van der Waals surface area (Å²) < 4.78 is 0. The molecule has 0 amide bonds. The van der Waals surface area contributed by atoms with Gasteiger partial charge < -0.3 is 0 Å². The molecule has 0 aromatic carbocycles. The zero-order chi connectivity index (χ0) is 20.2. The molecule has 0 N–H and O–H groups in total. The number of rotatable bonds is 4. The van der Waals surface area contributed by atoms with Crippen molar-refractivity contribution < 1.29 is 0 Å². The molecular formula is C18H45ClSi5. The van der Waals surface area contributed by atoms with Crippen molar-refractivity contribution in [1.82, 2.24) is 0 Å². The molecule has 0 aliphatic heterocycles. The van der Waals surface area contributed by atoms with Crippen LogP contribution in [0.2, 0.25) is 54.4 Å². The monoisotopic (exact) mass is 436 g/mol. The van der Waals surface area contributed by atoms with Gasteiger partial charge in [0.1, 0.15) is 7.14 Å². The number of hydrogen-bond acceptors (Lipinski definition) is 0. The van der Waals surface area contributed by atoms with Crippen molar-refractivity contribution in [3.05, 3.63) is 0 Å². The minimum atomic E-state index is -1.47. The van der Waals surface area contributed by atoms with Gasteiger partial charge in [-0.05, 0) is 15.1 Å². The van der Waals surface area contributed by atoms with E-state index in [0.717, 1.165) is 0 Å². The van der Waals surface area contributed by atoms with Crippen molar-refractivity contribution in [3.63, 3.8) is 0 Å². The number of halogens is 1. The van der Waals surface area contributed by atoms with Gasteiger partial charge in [0.15, 0.2) is 0 Å². The Morgan fingerprint density at radius 2 is 0.708 bits per heavy atom. The van der Waals surface area contributed by atoms with Crippen LogP contribution in [0, 0.1) is 0 Å². The topological polar surface area (TPSA) is 0 Å². The fraction of sp³-hybridized carbons (Fsp3) is 1.00. The molecule has 0 saturated carbocycles. The molecular weight excluding hydrogens is 392 g/mol. The predicted molar refractivity (Wildman–Crippen MR) is 129 cm³/mol. The lowest BCUT2D eigenvalue weighted by Crippen LogP contribution is -2.78. The largest absolute Gasteiger partial charge is 0.177 e. The van der Waals surface area contributed by atoms with Gasteiger partial charge in [0.05, 0.1) is 7.59 Å². The van der Waals surface area contributed by atoms with Gasteiger partial charge in [0.25, 0.3) is 0 Å². The fourth-order valence-corrected chi connectivity index (χ4v) is 120. The predicted octanol–water partition coefficient (Wildman–Crippen LogP) is 7.55. The second-order valence-corrected chi connectivity index (χ2v) is 55.7. The van der Waals surface area contributed by atoms with E-state index in [0.29, 0.717) is 15.1 Å². The summed E-state index contributed by atoms with van der Waals surface area (Å²) in [7, 11) is -5.63. The molecule has 6 heteroatoms. The zero-order valence-corrected chi connectivity index (χ0v) is 25.1. The quantitative estimate of drug-likeness (QED) is 0.315. The van der Waals surface area contributed by atoms with Gasteiger partial charge in [-0.2, -0.15) is 11.1 Å². The summed E-state index contributed by atoms with van der Waals surface area (Å²) in [5.74, 6) is 0. The fourth-order valence-electron chi connectivity index (χ4n) is 2.72. The third kappa shape index (κ3) is 4.61. The maximum atomic E-state index is 7.68. The summed E-state index contributed by atoms with van der Waals surface area (Å²) >= 11 is 7.68. The van der Waals surface area contributed by atoms with Crippen LogP contribution in [0.1, 0.15) is 62.3 Å². The molecule has 0 nitrogen and oxygen atoms in total. The van der Waals surface area contributed by atoms with Crippen LogP contribution in [0.25, 0.3) is 0 Å². The summed E-state index contributed by atoms with van der Waals surface area (Å²) in [6, 6.07) is 0. The van der Waals surface area contributed by atoms with E-state index < -0.39 is 37.3 Å². The average Bonchev–Trinajstić information content (AvgIpc) is 2.23. The van der Waals surface area contributed by atoms with Crippen LogP contribution in [-0.2, 0) is 0 Å². The van der Waals surface area contributed by atoms with E-state index in [-0.39, 0.29) is 0 Å². The standard InChI is InChI=1S/C18H45ClSi5/c1-16(2,3)22(10,11)20(19)21(23(12,13)17(4,5)6)24(14,15)18(7,8)9/h1-15H3. The highest BCUT2D eigenvalue weighted by Crippen LogP contribution is 2.50. The first-order chi connectivity index (χ1) is 10.0. The second-order valence-electron chi connectivity index (χ2n) is 12.3. The van der Waals surface area contributed by atoms with Crippen molar-refractivity contribution in [3.8, 4) is 0 Å². The Kier molecular flexibility index (Phi) is 7.48. The van der Waals surface area contributed by atoms with Crippen LogP contribution in [-0.4, -0.2) is 37.3 Å². The first-order valence-electron chi connectivity index (χ1n) is 9.44. The van der Waals surface area contributed by atoms with E-state index in [1.165, 1.54) is 0 Å². The Bertz CT molecular complexity index is 410. The molecule has 0 aromatic heterocycles. The first kappa shape index (κ1) is 25.4. The Morgan fingerprint density at radius 1 is 0.500 bits per heavy atom. The van der Waals surface area contributed by atoms with Gasteiger partial charge in [-0.1, -0.05) is 102 Å². The summed E-state index contributed by atoms with van der Waals surface area (Å²) in [5.41, 5.74) is 0. The molecule has 0 rings (SSSR count). The van der Waals surface area contributed by atoms with E-state index in [1.54, 1.807) is 0 Å². The normalized spacial score (nSPS) is 16.2. The summed E-state index contributed by atoms with van der Waals surface area (Å²) in [6.07, 6.45) is 0. The lowest BCUT2D eigenvalue weighted by Gasteiger charge is -2.57. The van der Waals surface area contributed by atoms with Gasteiger partial charge in [-0.25, -0.2) is 0 Å². The molecule has 2 radical (unpaired) electrons. The van der Waals surface area contributed by atoms with Crippen molar-refractivity contribution in [1.29, 1.82) is 0 Å². The van der Waals surface area contributed by atoms with E-state index in [4.69, 9.17) is 11.1 Å². The van der Waals surface area contributed by atoms with E-state index in [1.807, 2.05) is 0 Å². The molecule has 0 saturated heterocycles. The molecule has 0 aliphatic rings. The van der Waals surface area contributed by atoms with Crippen molar-refractivity contribution in [2.24, 2.45) is 0 Å². The summed E-state index contributed by atoms with van der Waals surface area (Å²) in [5, 5.41) is 1.30. The summed E-state index contributed by atoms with van der Waals surface area (Å²) in [6.45, 7) is 38.4. The lowest BCUT2D eigenvalue weighted by molar-refractivity contribution is 0.727. The lowest BCUT2D eigenvalue weighted by atomic mass is 10.2. The van der Waals surface area contributed by atoms with Crippen LogP contribution in [0.5, 0.6) is 0 Å². The van der Waals surface area contributed by atoms with Crippen LogP contribution in [0.15, 0.2) is 0 Å². The van der Waals surface area contributed by atoms with Crippen LogP contribution in [0.4, 0.5) is 0 Å². The van der Waals surface area contributed by atoms with E-state index >= 15 is 0 Å². The van der Waals surface area contributed by atoms with Crippen LogP contribution < -0.4 is 0 Å². The molecule has 144 valence electrons. The van der Waals surface area contributed by atoms with Gasteiger partial charge in [0.2, 0.25) is 0 Å². The van der Waals surface area contributed by atoms with Gasteiger partial charge in [-0.3, -0.25) is 0 Å². The highest BCUT2D eigenvalue weighted by atomic mass is 35.6. The minimum Gasteiger partial charge on any atom is -0.177 e. The molecule has 0 aliphatic carbocycles. The third-order valence-corrected chi connectivity index (χ3v) is 90.0. The Morgan fingerprint density at radius 3 is 0.875 bits per heavy atom. The minimum absolute atomic E-state index is 0.406. The highest BCUT2D eigenvalue weighted by Gasteiger charge is 2.61. The smallest absolute Gasteiger partial charge is 0.136 e. The Hall–Kier alpha value is 1.37. The number of hydrogen-bond donors (Lipinski definition) is 0. The van der Waals surface area contributed by atoms with Crippen molar-refractivity contribution in [2.45, 2.75) is 117 Å². The van der Waals surface area contributed by atoms with E-state index in [2.05, 4.69) is 102 Å². The molecule has 0 unspecified atom stereocenters. The van der Waals surface area contributed by atoms with Gasteiger partial charge in [-0.15, -0.1) is 0 Å². The second kappa shape index (κ2) is 7.08. The Labute approximate surface area is 164 Å². The molecule has 24 heavy (non-hydrogen) atoms. The summed E-state index contributed by atoms with van der Waals surface area (Å²) in [4.78, 5) is 0. The zero-order valence-electron chi connectivity index (χ0n) is 19.4. The molecule has 0 bridgehead atoms. The maximum Gasteiger partial charge on any atom is 0.136 e. The van der Waals surface area contributed by atoms with Gasteiger partial charge >= 0.3 is 0 Å². The van der Waals surface area contributed by atoms with E-state index in [9.17, 15) is 0 Å². The van der Waals surface area contributed by atoms with Gasteiger partial charge in [0, 0.05) is 22.5 Å². The molecule has 0 spiro atoms. The average molecular weight is 437 g/mol. The highest BCUT2D eigenvalue weighted by molar-refractivity contribution is 7.95. The van der Waals surface area contributed by atoms with Crippen LogP contribution in [0.3, 0.4) is 0 Å². The Balaban J connectivity index is 6.52. The molecule has 0 atom stereocenters. The van der Waals surface area contributed by atoms with Crippen molar-refractivity contribution in [2.75, 3.05) is 0 Å². The van der Waals surface area contributed by atoms with Crippen LogP contribution >= 0.6 is 11.1 Å². The molecule has 0 heterocycles. The molecule has 0 aromatic rings. The first-order valence-corrected chi connectivity index (χ1v) is 26.5. The van der Waals surface area contributed by atoms with Crippen molar-refractivity contribution >= 4 is 48.3 Å². The SMILES string of the molecule is CC(C)(C)[Si](C)(C)[Si](Cl)[Si]([Si](C)(C)C(C)(C)C)[Si](C)(C)C(C)(C)C. The maximum absolute atomic E-state index is 7.68. The third-order valence-electron chi connectivity index (χ3n) is 7.64. The molecule has 0 fully saturated rings.